The van der Waals surface area contributed by atoms with Gasteiger partial charge in [-0.15, -0.1) is 0 Å². The highest BCUT2D eigenvalue weighted by Gasteiger charge is 2.36. The molecule has 0 spiro atoms. The standard InChI is InChI=1S/C16H24N2O/c1-3-12-10-18(13(4-2)9-17-12)15-11-19-16-8-6-5-7-14(15)16/h5-8,12-13,15,17H,3-4,9-11H2,1-2H3. The highest BCUT2D eigenvalue weighted by Crippen LogP contribution is 2.37. The maximum atomic E-state index is 5.86. The molecule has 3 nitrogen and oxygen atoms in total. The van der Waals surface area contributed by atoms with E-state index in [9.17, 15) is 0 Å². The van der Waals surface area contributed by atoms with E-state index in [0.29, 0.717) is 18.1 Å². The van der Waals surface area contributed by atoms with Crippen LogP contribution in [0.15, 0.2) is 24.3 Å². The molecule has 2 heterocycles. The van der Waals surface area contributed by atoms with E-state index in [-0.39, 0.29) is 0 Å². The summed E-state index contributed by atoms with van der Waals surface area (Å²) in [7, 11) is 0. The molecule has 0 bridgehead atoms. The molecule has 1 aromatic rings. The van der Waals surface area contributed by atoms with Crippen molar-refractivity contribution < 1.29 is 4.74 Å². The number of piperazine rings is 1. The molecule has 19 heavy (non-hydrogen) atoms. The molecule has 0 amide bonds. The zero-order chi connectivity index (χ0) is 13.2. The van der Waals surface area contributed by atoms with Crippen LogP contribution in [0.5, 0.6) is 5.75 Å². The number of benzene rings is 1. The summed E-state index contributed by atoms with van der Waals surface area (Å²) in [6, 6.07) is 10.2. The Labute approximate surface area is 115 Å². The molecule has 1 saturated heterocycles. The molecular weight excluding hydrogens is 236 g/mol. The van der Waals surface area contributed by atoms with Crippen molar-refractivity contribution in [3.63, 3.8) is 0 Å². The molecule has 1 N–H and O–H groups in total. The lowest BCUT2D eigenvalue weighted by Crippen LogP contribution is -2.57. The van der Waals surface area contributed by atoms with Crippen molar-refractivity contribution >= 4 is 0 Å². The lowest BCUT2D eigenvalue weighted by Gasteiger charge is -2.43. The predicted octanol–water partition coefficient (Wildman–Crippen LogP) is 2.58. The Hall–Kier alpha value is -1.06. The van der Waals surface area contributed by atoms with Crippen LogP contribution in [0.3, 0.4) is 0 Å². The number of hydrogen-bond donors (Lipinski definition) is 1. The minimum atomic E-state index is 0.442. The van der Waals surface area contributed by atoms with Gasteiger partial charge >= 0.3 is 0 Å². The number of nitrogens with zero attached hydrogens (tertiary/aromatic N) is 1. The molecule has 104 valence electrons. The maximum Gasteiger partial charge on any atom is 0.124 e. The SMILES string of the molecule is CCC1CN(C2COc3ccccc32)C(CC)CN1. The van der Waals surface area contributed by atoms with Gasteiger partial charge in [-0.05, 0) is 18.9 Å². The molecule has 0 aromatic heterocycles. The highest BCUT2D eigenvalue weighted by atomic mass is 16.5. The summed E-state index contributed by atoms with van der Waals surface area (Å²) in [5, 5.41) is 3.66. The second-order valence-electron chi connectivity index (χ2n) is 5.64. The van der Waals surface area contributed by atoms with Crippen molar-refractivity contribution in [2.45, 2.75) is 44.8 Å². The van der Waals surface area contributed by atoms with Gasteiger partial charge in [0.2, 0.25) is 0 Å². The van der Waals surface area contributed by atoms with Gasteiger partial charge in [0.15, 0.2) is 0 Å². The molecular formula is C16H24N2O. The first kappa shape index (κ1) is 12.9. The molecule has 2 aliphatic rings. The summed E-state index contributed by atoms with van der Waals surface area (Å²) < 4.78 is 5.86. The molecule has 3 rings (SSSR count). The Bertz CT molecular complexity index is 435. The lowest BCUT2D eigenvalue weighted by molar-refractivity contribution is 0.0655. The van der Waals surface area contributed by atoms with E-state index >= 15 is 0 Å². The monoisotopic (exact) mass is 260 g/mol. The summed E-state index contributed by atoms with van der Waals surface area (Å²) >= 11 is 0. The van der Waals surface area contributed by atoms with Crippen molar-refractivity contribution in [3.05, 3.63) is 29.8 Å². The highest BCUT2D eigenvalue weighted by molar-refractivity contribution is 5.39. The van der Waals surface area contributed by atoms with Crippen molar-refractivity contribution in [1.29, 1.82) is 0 Å². The smallest absolute Gasteiger partial charge is 0.124 e. The quantitative estimate of drug-likeness (QED) is 0.904. The normalized spacial score (nSPS) is 30.9. The molecule has 3 heteroatoms. The number of nitrogens with one attached hydrogen (secondary N) is 1. The fourth-order valence-corrected chi connectivity index (χ4v) is 3.34. The topological polar surface area (TPSA) is 24.5 Å². The molecule has 0 radical (unpaired) electrons. The van der Waals surface area contributed by atoms with Crippen LogP contribution in [0.25, 0.3) is 0 Å². The Morgan fingerprint density at radius 2 is 2.11 bits per heavy atom. The lowest BCUT2D eigenvalue weighted by atomic mass is 9.99. The third-order valence-corrected chi connectivity index (χ3v) is 4.58. The second kappa shape index (κ2) is 5.51. The van der Waals surface area contributed by atoms with Crippen LogP contribution < -0.4 is 10.1 Å². The first-order chi connectivity index (χ1) is 9.33. The average molecular weight is 260 g/mol. The average Bonchev–Trinajstić information content (AvgIpc) is 2.90. The summed E-state index contributed by atoms with van der Waals surface area (Å²) in [6.07, 6.45) is 2.39. The first-order valence-corrected chi connectivity index (χ1v) is 7.54. The van der Waals surface area contributed by atoms with Gasteiger partial charge in [-0.1, -0.05) is 32.0 Å². The van der Waals surface area contributed by atoms with Crippen LogP contribution in [-0.2, 0) is 0 Å². The maximum absolute atomic E-state index is 5.86. The van der Waals surface area contributed by atoms with Gasteiger partial charge < -0.3 is 10.1 Å². The Morgan fingerprint density at radius 1 is 1.26 bits per heavy atom. The van der Waals surface area contributed by atoms with E-state index < -0.39 is 0 Å². The molecule has 3 unspecified atom stereocenters. The van der Waals surface area contributed by atoms with Gasteiger partial charge in [-0.25, -0.2) is 0 Å². The number of ether oxygens (including phenoxy) is 1. The summed E-state index contributed by atoms with van der Waals surface area (Å²) in [5.74, 6) is 1.08. The van der Waals surface area contributed by atoms with Crippen molar-refractivity contribution in [2.75, 3.05) is 19.7 Å². The van der Waals surface area contributed by atoms with E-state index in [0.717, 1.165) is 25.4 Å². The summed E-state index contributed by atoms with van der Waals surface area (Å²) in [4.78, 5) is 2.66. The zero-order valence-electron chi connectivity index (χ0n) is 11.9. The van der Waals surface area contributed by atoms with Gasteiger partial charge in [0, 0.05) is 30.7 Å². The Kier molecular flexibility index (Phi) is 3.76. The molecule has 3 atom stereocenters. The van der Waals surface area contributed by atoms with Gasteiger partial charge in [-0.3, -0.25) is 4.90 Å². The number of fused-ring (bicyclic) bond motifs is 1. The van der Waals surface area contributed by atoms with Crippen molar-refractivity contribution in [3.8, 4) is 5.75 Å². The molecule has 1 fully saturated rings. The van der Waals surface area contributed by atoms with Crippen LogP contribution in [0, 0.1) is 0 Å². The third kappa shape index (κ3) is 2.37. The van der Waals surface area contributed by atoms with Gasteiger partial charge in [0.05, 0.1) is 6.04 Å². The fourth-order valence-electron chi connectivity index (χ4n) is 3.34. The van der Waals surface area contributed by atoms with Crippen LogP contribution in [0.2, 0.25) is 0 Å². The number of para-hydroxylation sites is 1. The van der Waals surface area contributed by atoms with Crippen LogP contribution in [0.1, 0.15) is 38.3 Å². The summed E-state index contributed by atoms with van der Waals surface area (Å²) in [5.41, 5.74) is 1.37. The van der Waals surface area contributed by atoms with Crippen LogP contribution in [-0.4, -0.2) is 36.7 Å². The minimum Gasteiger partial charge on any atom is -0.491 e. The fraction of sp³-hybridized carbons (Fsp3) is 0.625. The van der Waals surface area contributed by atoms with Gasteiger partial charge in [0.1, 0.15) is 12.4 Å². The summed E-state index contributed by atoms with van der Waals surface area (Å²) in [6.45, 7) is 7.60. The van der Waals surface area contributed by atoms with Gasteiger partial charge in [0.25, 0.3) is 0 Å². The minimum absolute atomic E-state index is 0.442. The second-order valence-corrected chi connectivity index (χ2v) is 5.64. The van der Waals surface area contributed by atoms with Crippen LogP contribution in [0.4, 0.5) is 0 Å². The molecule has 0 aliphatic carbocycles. The first-order valence-electron chi connectivity index (χ1n) is 7.54. The Balaban J connectivity index is 1.83. The van der Waals surface area contributed by atoms with Crippen molar-refractivity contribution in [2.24, 2.45) is 0 Å². The van der Waals surface area contributed by atoms with Crippen molar-refractivity contribution in [1.82, 2.24) is 10.2 Å². The van der Waals surface area contributed by atoms with Gasteiger partial charge in [-0.2, -0.15) is 0 Å². The van der Waals surface area contributed by atoms with E-state index in [2.05, 4.69) is 48.3 Å². The molecule has 1 aromatic carbocycles. The van der Waals surface area contributed by atoms with E-state index in [1.54, 1.807) is 0 Å². The third-order valence-electron chi connectivity index (χ3n) is 4.58. The van der Waals surface area contributed by atoms with Crippen LogP contribution >= 0.6 is 0 Å². The van der Waals surface area contributed by atoms with E-state index in [1.165, 1.54) is 18.4 Å². The van der Waals surface area contributed by atoms with E-state index in [4.69, 9.17) is 4.74 Å². The Morgan fingerprint density at radius 3 is 2.89 bits per heavy atom. The molecule has 0 saturated carbocycles. The largest absolute Gasteiger partial charge is 0.491 e. The number of rotatable bonds is 3. The zero-order valence-corrected chi connectivity index (χ0v) is 11.9. The van der Waals surface area contributed by atoms with E-state index in [1.807, 2.05) is 0 Å². The predicted molar refractivity (Wildman–Crippen MR) is 77.5 cm³/mol. The number of hydrogen-bond acceptors (Lipinski definition) is 3. The molecule has 2 aliphatic heterocycles.